The van der Waals surface area contributed by atoms with Crippen molar-refractivity contribution in [1.82, 2.24) is 4.90 Å². The molecular weight excluding hydrogens is 426 g/mol. The van der Waals surface area contributed by atoms with Gasteiger partial charge in [0.25, 0.3) is 11.7 Å². The summed E-state index contributed by atoms with van der Waals surface area (Å²) in [5, 5.41) is 11.4. The maximum Gasteiger partial charge on any atom is 0.295 e. The first kappa shape index (κ1) is 23.9. The first-order chi connectivity index (χ1) is 15.1. The smallest absolute Gasteiger partial charge is 0.295 e. The zero-order valence-corrected chi connectivity index (χ0v) is 20.0. The molecule has 1 aliphatic rings. The monoisotopic (exact) mass is 455 g/mol. The minimum absolute atomic E-state index is 0.0254. The van der Waals surface area contributed by atoms with Crippen molar-refractivity contribution in [3.8, 4) is 5.75 Å². The Labute approximate surface area is 194 Å². The van der Waals surface area contributed by atoms with Gasteiger partial charge in [0.05, 0.1) is 23.7 Å². The van der Waals surface area contributed by atoms with E-state index in [9.17, 15) is 14.7 Å². The molecule has 1 amide bonds. The second-order valence-corrected chi connectivity index (χ2v) is 9.47. The van der Waals surface area contributed by atoms with E-state index in [1.165, 1.54) is 13.2 Å². The average molecular weight is 456 g/mol. The van der Waals surface area contributed by atoms with E-state index in [0.29, 0.717) is 22.9 Å². The van der Waals surface area contributed by atoms with Crippen molar-refractivity contribution in [3.05, 3.63) is 69.8 Å². The first-order valence-corrected chi connectivity index (χ1v) is 11.2. The predicted molar refractivity (Wildman–Crippen MR) is 127 cm³/mol. The summed E-state index contributed by atoms with van der Waals surface area (Å²) < 4.78 is 5.17. The molecule has 0 radical (unpaired) electrons. The highest BCUT2D eigenvalue weighted by Crippen LogP contribution is 2.41. The predicted octanol–water partition coefficient (Wildman–Crippen LogP) is 5.87. The molecule has 0 aromatic heterocycles. The number of hydrogen-bond acceptors (Lipinski definition) is 4. The molecule has 1 aliphatic heterocycles. The van der Waals surface area contributed by atoms with Gasteiger partial charge in [0, 0.05) is 12.1 Å². The van der Waals surface area contributed by atoms with Crippen LogP contribution in [0.4, 0.5) is 0 Å². The number of hydrogen-bond donors (Lipinski definition) is 1. The number of amides is 1. The summed E-state index contributed by atoms with van der Waals surface area (Å²) in [7, 11) is 1.50. The molecule has 1 fully saturated rings. The van der Waals surface area contributed by atoms with Crippen LogP contribution in [0.5, 0.6) is 5.75 Å². The van der Waals surface area contributed by atoms with E-state index in [1.54, 1.807) is 17.0 Å². The molecule has 0 bridgehead atoms. The van der Waals surface area contributed by atoms with Crippen molar-refractivity contribution in [2.75, 3.05) is 13.7 Å². The second kappa shape index (κ2) is 9.37. The number of unbranched alkanes of at least 4 members (excludes halogenated alkanes) is 1. The first-order valence-electron chi connectivity index (χ1n) is 10.8. The van der Waals surface area contributed by atoms with Crippen LogP contribution in [0.15, 0.2) is 48.0 Å². The lowest BCUT2D eigenvalue weighted by Crippen LogP contribution is -2.30. The molecule has 1 saturated heterocycles. The van der Waals surface area contributed by atoms with Gasteiger partial charge in [-0.25, -0.2) is 0 Å². The van der Waals surface area contributed by atoms with Gasteiger partial charge in [-0.3, -0.25) is 9.59 Å². The van der Waals surface area contributed by atoms with E-state index >= 15 is 0 Å². The summed E-state index contributed by atoms with van der Waals surface area (Å²) in [6.07, 6.45) is 1.64. The molecule has 1 heterocycles. The van der Waals surface area contributed by atoms with Crippen LogP contribution in [-0.4, -0.2) is 35.4 Å². The number of ketones is 1. The number of aliphatic hydroxyl groups is 1. The number of benzene rings is 2. The number of nitrogens with zero attached hydrogens (tertiary/aromatic N) is 1. The van der Waals surface area contributed by atoms with Crippen molar-refractivity contribution in [3.63, 3.8) is 0 Å². The van der Waals surface area contributed by atoms with Crippen LogP contribution in [0.25, 0.3) is 5.76 Å². The van der Waals surface area contributed by atoms with Crippen molar-refractivity contribution >= 4 is 29.1 Å². The fraction of sp³-hybridized carbons (Fsp3) is 0.385. The number of carbonyl (C=O) groups is 2. The fourth-order valence-corrected chi connectivity index (χ4v) is 4.18. The van der Waals surface area contributed by atoms with Crippen molar-refractivity contribution in [2.45, 2.75) is 52.0 Å². The maximum absolute atomic E-state index is 13.0. The number of rotatable bonds is 6. The Kier molecular flexibility index (Phi) is 6.99. The van der Waals surface area contributed by atoms with E-state index in [-0.39, 0.29) is 16.7 Å². The Morgan fingerprint density at radius 3 is 2.31 bits per heavy atom. The van der Waals surface area contributed by atoms with Gasteiger partial charge in [-0.15, -0.1) is 0 Å². The molecular formula is C26H30ClNO4. The number of methoxy groups -OCH3 is 1. The Morgan fingerprint density at radius 1 is 1.12 bits per heavy atom. The Balaban J connectivity index is 2.15. The molecule has 6 heteroatoms. The Morgan fingerprint density at radius 2 is 1.78 bits per heavy atom. The fourth-order valence-electron chi connectivity index (χ4n) is 3.92. The molecule has 32 heavy (non-hydrogen) atoms. The molecule has 0 aliphatic carbocycles. The molecule has 1 atom stereocenters. The highest BCUT2D eigenvalue weighted by Gasteiger charge is 2.45. The summed E-state index contributed by atoms with van der Waals surface area (Å²) in [4.78, 5) is 27.5. The molecule has 2 aromatic carbocycles. The van der Waals surface area contributed by atoms with E-state index in [1.807, 2.05) is 31.2 Å². The third kappa shape index (κ3) is 4.53. The largest absolute Gasteiger partial charge is 0.507 e. The van der Waals surface area contributed by atoms with Gasteiger partial charge in [0.15, 0.2) is 0 Å². The normalized spacial score (nSPS) is 18.3. The van der Waals surface area contributed by atoms with Gasteiger partial charge in [-0.2, -0.15) is 0 Å². The Hall–Kier alpha value is -2.79. The third-order valence-corrected chi connectivity index (χ3v) is 6.11. The summed E-state index contributed by atoms with van der Waals surface area (Å²) in [5.74, 6) is -1.06. The number of likely N-dealkylation sites (tertiary alicyclic amines) is 1. The zero-order chi connectivity index (χ0) is 23.6. The quantitative estimate of drug-likeness (QED) is 0.336. The standard InChI is InChI=1S/C26H30ClNO4/c1-6-7-14-28-22(16-8-11-18(12-9-16)26(2,3)4)21(24(30)25(28)31)23(29)17-10-13-20(32-5)19(27)15-17/h8-13,15,22,29H,6-7,14H2,1-5H3/b23-21-. The van der Waals surface area contributed by atoms with Gasteiger partial charge in [0.1, 0.15) is 11.5 Å². The van der Waals surface area contributed by atoms with Gasteiger partial charge >= 0.3 is 0 Å². The van der Waals surface area contributed by atoms with Gasteiger partial charge in [-0.05, 0) is 41.2 Å². The summed E-state index contributed by atoms with van der Waals surface area (Å²) >= 11 is 6.24. The molecule has 5 nitrogen and oxygen atoms in total. The summed E-state index contributed by atoms with van der Waals surface area (Å²) in [6.45, 7) is 8.85. The number of Topliss-reactive ketones (excluding diaryl/α,β-unsaturated/α-hetero) is 1. The second-order valence-electron chi connectivity index (χ2n) is 9.07. The van der Waals surface area contributed by atoms with Crippen LogP contribution < -0.4 is 4.74 Å². The highest BCUT2D eigenvalue weighted by molar-refractivity contribution is 6.46. The molecule has 0 spiro atoms. The van der Waals surface area contributed by atoms with Gasteiger partial charge < -0.3 is 14.7 Å². The van der Waals surface area contributed by atoms with Crippen LogP contribution in [-0.2, 0) is 15.0 Å². The molecule has 0 saturated carbocycles. The topological polar surface area (TPSA) is 66.8 Å². The molecule has 170 valence electrons. The lowest BCUT2D eigenvalue weighted by Gasteiger charge is -2.26. The van der Waals surface area contributed by atoms with Gasteiger partial charge in [0.2, 0.25) is 0 Å². The minimum Gasteiger partial charge on any atom is -0.507 e. The molecule has 1 unspecified atom stereocenters. The lowest BCUT2D eigenvalue weighted by molar-refractivity contribution is -0.139. The van der Waals surface area contributed by atoms with Crippen LogP contribution >= 0.6 is 11.6 Å². The zero-order valence-electron chi connectivity index (χ0n) is 19.2. The third-order valence-electron chi connectivity index (χ3n) is 5.81. The van der Waals surface area contributed by atoms with Gasteiger partial charge in [-0.1, -0.05) is 70.0 Å². The Bertz CT molecular complexity index is 1050. The van der Waals surface area contributed by atoms with E-state index in [2.05, 4.69) is 20.8 Å². The summed E-state index contributed by atoms with van der Waals surface area (Å²) in [6, 6.07) is 12.0. The maximum atomic E-state index is 13.0. The number of aliphatic hydroxyl groups excluding tert-OH is 1. The highest BCUT2D eigenvalue weighted by atomic mass is 35.5. The molecule has 2 aromatic rings. The minimum atomic E-state index is -0.685. The SMILES string of the molecule is CCCCN1C(=O)C(=O)/C(=C(\O)c2ccc(OC)c(Cl)c2)C1c1ccc(C(C)(C)C)cc1. The molecule has 1 N–H and O–H groups in total. The van der Waals surface area contributed by atoms with Crippen LogP contribution in [0.1, 0.15) is 63.3 Å². The number of carbonyl (C=O) groups excluding carboxylic acids is 2. The van der Waals surface area contributed by atoms with Crippen molar-refractivity contribution in [1.29, 1.82) is 0 Å². The summed E-state index contributed by atoms with van der Waals surface area (Å²) in [5.41, 5.74) is 2.35. The van der Waals surface area contributed by atoms with Crippen molar-refractivity contribution in [2.24, 2.45) is 0 Å². The van der Waals surface area contributed by atoms with Crippen LogP contribution in [0, 0.1) is 0 Å². The van der Waals surface area contributed by atoms with E-state index in [4.69, 9.17) is 16.3 Å². The number of ether oxygens (including phenoxy) is 1. The molecule has 3 rings (SSSR count). The average Bonchev–Trinajstić information content (AvgIpc) is 3.01. The lowest BCUT2D eigenvalue weighted by atomic mass is 9.85. The van der Waals surface area contributed by atoms with E-state index in [0.717, 1.165) is 24.0 Å². The van der Waals surface area contributed by atoms with Crippen molar-refractivity contribution < 1.29 is 19.4 Å². The van der Waals surface area contributed by atoms with Crippen LogP contribution in [0.2, 0.25) is 5.02 Å². The number of halogens is 1. The van der Waals surface area contributed by atoms with Crippen LogP contribution in [0.3, 0.4) is 0 Å². The van der Waals surface area contributed by atoms with E-state index < -0.39 is 17.7 Å².